The first kappa shape index (κ1) is 11.6. The van der Waals surface area contributed by atoms with Crippen LogP contribution in [0.2, 0.25) is 0 Å². The highest BCUT2D eigenvalue weighted by Gasteiger charge is 2.29. The second kappa shape index (κ2) is 5.01. The maximum Gasteiger partial charge on any atom is 0.227 e. The van der Waals surface area contributed by atoms with Crippen LogP contribution in [0.15, 0.2) is 24.3 Å². The van der Waals surface area contributed by atoms with Crippen LogP contribution in [0.4, 0.5) is 5.69 Å². The molecule has 0 aliphatic heterocycles. The number of ether oxygens (including phenoxy) is 1. The molecule has 0 aromatic heterocycles. The van der Waals surface area contributed by atoms with Crippen LogP contribution in [0.3, 0.4) is 0 Å². The lowest BCUT2D eigenvalue weighted by Gasteiger charge is -2.13. The quantitative estimate of drug-likeness (QED) is 0.883. The third kappa shape index (κ3) is 2.84. The number of rotatable bonds is 4. The lowest BCUT2D eigenvalue weighted by Crippen LogP contribution is -2.13. The van der Waals surface area contributed by atoms with E-state index in [1.165, 1.54) is 25.7 Å². The van der Waals surface area contributed by atoms with Gasteiger partial charge in [-0.2, -0.15) is 0 Å². The summed E-state index contributed by atoms with van der Waals surface area (Å²) >= 11 is 0. The first-order valence-corrected chi connectivity index (χ1v) is 6.89. The van der Waals surface area contributed by atoms with Crippen molar-refractivity contribution < 1.29 is 9.53 Å². The van der Waals surface area contributed by atoms with Crippen LogP contribution < -0.4 is 10.1 Å². The van der Waals surface area contributed by atoms with E-state index in [0.29, 0.717) is 6.10 Å². The van der Waals surface area contributed by atoms with Gasteiger partial charge in [0, 0.05) is 11.6 Å². The third-order valence-corrected chi connectivity index (χ3v) is 3.67. The molecule has 2 fully saturated rings. The van der Waals surface area contributed by atoms with Crippen LogP contribution in [-0.4, -0.2) is 12.0 Å². The summed E-state index contributed by atoms with van der Waals surface area (Å²) in [6.45, 7) is 0. The van der Waals surface area contributed by atoms with Gasteiger partial charge in [-0.1, -0.05) is 0 Å². The molecule has 3 rings (SSSR count). The van der Waals surface area contributed by atoms with E-state index in [9.17, 15) is 4.79 Å². The molecular weight excluding hydrogens is 226 g/mol. The van der Waals surface area contributed by atoms with Crippen molar-refractivity contribution in [3.8, 4) is 5.75 Å². The normalized spacial score (nSPS) is 19.8. The largest absolute Gasteiger partial charge is 0.490 e. The molecule has 0 bridgehead atoms. The Morgan fingerprint density at radius 3 is 2.33 bits per heavy atom. The third-order valence-electron chi connectivity index (χ3n) is 3.67. The Hall–Kier alpha value is -1.51. The Bertz CT molecular complexity index is 417. The molecule has 0 radical (unpaired) electrons. The lowest BCUT2D eigenvalue weighted by molar-refractivity contribution is -0.117. The van der Waals surface area contributed by atoms with Crippen molar-refractivity contribution in [1.29, 1.82) is 0 Å². The zero-order valence-electron chi connectivity index (χ0n) is 10.5. The van der Waals surface area contributed by atoms with Crippen molar-refractivity contribution in [1.82, 2.24) is 0 Å². The van der Waals surface area contributed by atoms with Gasteiger partial charge in [0.1, 0.15) is 5.75 Å². The smallest absolute Gasteiger partial charge is 0.227 e. The Morgan fingerprint density at radius 1 is 1.06 bits per heavy atom. The van der Waals surface area contributed by atoms with Gasteiger partial charge >= 0.3 is 0 Å². The second-order valence-corrected chi connectivity index (χ2v) is 5.31. The summed E-state index contributed by atoms with van der Waals surface area (Å²) in [7, 11) is 0. The SMILES string of the molecule is O=C(Nc1ccc(OC2CCCC2)cc1)C1CC1. The van der Waals surface area contributed by atoms with Gasteiger partial charge in [0.25, 0.3) is 0 Å². The molecule has 0 heterocycles. The lowest BCUT2D eigenvalue weighted by atomic mass is 10.2. The molecule has 1 aromatic rings. The van der Waals surface area contributed by atoms with E-state index in [2.05, 4.69) is 5.32 Å². The van der Waals surface area contributed by atoms with E-state index in [4.69, 9.17) is 4.74 Å². The van der Waals surface area contributed by atoms with Crippen LogP contribution >= 0.6 is 0 Å². The maximum atomic E-state index is 11.6. The molecule has 18 heavy (non-hydrogen) atoms. The van der Waals surface area contributed by atoms with E-state index >= 15 is 0 Å². The number of hydrogen-bond acceptors (Lipinski definition) is 2. The highest BCUT2D eigenvalue weighted by molar-refractivity contribution is 5.94. The number of benzene rings is 1. The standard InChI is InChI=1S/C15H19NO2/c17-15(11-5-6-11)16-12-7-9-14(10-8-12)18-13-3-1-2-4-13/h7-11,13H,1-6H2,(H,16,17). The summed E-state index contributed by atoms with van der Waals surface area (Å²) in [5.74, 6) is 1.31. The molecule has 0 atom stereocenters. The predicted molar refractivity (Wildman–Crippen MR) is 70.7 cm³/mol. The number of nitrogens with one attached hydrogen (secondary N) is 1. The van der Waals surface area contributed by atoms with E-state index in [1.807, 2.05) is 24.3 Å². The van der Waals surface area contributed by atoms with Crippen molar-refractivity contribution in [2.75, 3.05) is 5.32 Å². The molecule has 1 aromatic carbocycles. The molecule has 2 aliphatic carbocycles. The summed E-state index contributed by atoms with van der Waals surface area (Å²) < 4.78 is 5.88. The average Bonchev–Trinajstić information content (AvgIpc) is 3.11. The van der Waals surface area contributed by atoms with Crippen LogP contribution in [-0.2, 0) is 4.79 Å². The maximum absolute atomic E-state index is 11.6. The number of amides is 1. The van der Waals surface area contributed by atoms with E-state index in [0.717, 1.165) is 24.3 Å². The van der Waals surface area contributed by atoms with Crippen LogP contribution in [0.5, 0.6) is 5.75 Å². The number of carbonyl (C=O) groups is 1. The molecule has 1 N–H and O–H groups in total. The van der Waals surface area contributed by atoms with E-state index < -0.39 is 0 Å². The molecule has 3 nitrogen and oxygen atoms in total. The summed E-state index contributed by atoms with van der Waals surface area (Å²) in [5.41, 5.74) is 0.866. The van der Waals surface area contributed by atoms with Crippen molar-refractivity contribution in [3.05, 3.63) is 24.3 Å². The fourth-order valence-electron chi connectivity index (χ4n) is 2.41. The molecule has 3 heteroatoms. The Morgan fingerprint density at radius 2 is 1.72 bits per heavy atom. The first-order chi connectivity index (χ1) is 8.81. The first-order valence-electron chi connectivity index (χ1n) is 6.89. The number of anilines is 1. The van der Waals surface area contributed by atoms with E-state index in [1.54, 1.807) is 0 Å². The van der Waals surface area contributed by atoms with Gasteiger partial charge in [-0.25, -0.2) is 0 Å². The summed E-state index contributed by atoms with van der Waals surface area (Å²) in [5, 5.41) is 2.93. The minimum atomic E-state index is 0.152. The van der Waals surface area contributed by atoms with Gasteiger partial charge in [0.2, 0.25) is 5.91 Å². The fraction of sp³-hybridized carbons (Fsp3) is 0.533. The van der Waals surface area contributed by atoms with Gasteiger partial charge in [-0.15, -0.1) is 0 Å². The van der Waals surface area contributed by atoms with Gasteiger partial charge in [-0.3, -0.25) is 4.79 Å². The molecule has 2 aliphatic rings. The van der Waals surface area contributed by atoms with E-state index in [-0.39, 0.29) is 11.8 Å². The average molecular weight is 245 g/mol. The number of carbonyl (C=O) groups excluding carboxylic acids is 1. The van der Waals surface area contributed by atoms with Gasteiger partial charge in [0.05, 0.1) is 6.10 Å². The summed E-state index contributed by atoms with van der Waals surface area (Å²) in [6.07, 6.45) is 7.35. The molecule has 1 amide bonds. The summed E-state index contributed by atoms with van der Waals surface area (Å²) in [6, 6.07) is 7.73. The highest BCUT2D eigenvalue weighted by Crippen LogP contribution is 2.30. The Kier molecular flexibility index (Phi) is 3.22. The zero-order valence-corrected chi connectivity index (χ0v) is 10.5. The topological polar surface area (TPSA) is 38.3 Å². The van der Waals surface area contributed by atoms with Crippen molar-refractivity contribution >= 4 is 11.6 Å². The molecule has 0 saturated heterocycles. The highest BCUT2D eigenvalue weighted by atomic mass is 16.5. The van der Waals surface area contributed by atoms with Crippen molar-refractivity contribution in [2.45, 2.75) is 44.6 Å². The molecule has 0 unspecified atom stereocenters. The Labute approximate surface area is 108 Å². The monoisotopic (exact) mass is 245 g/mol. The zero-order chi connectivity index (χ0) is 12.4. The molecular formula is C15H19NO2. The van der Waals surface area contributed by atoms with Crippen LogP contribution in [0.1, 0.15) is 38.5 Å². The van der Waals surface area contributed by atoms with Gasteiger partial charge in [0.15, 0.2) is 0 Å². The minimum Gasteiger partial charge on any atom is -0.490 e. The minimum absolute atomic E-state index is 0.152. The second-order valence-electron chi connectivity index (χ2n) is 5.31. The van der Waals surface area contributed by atoms with Crippen LogP contribution in [0, 0.1) is 5.92 Å². The fourth-order valence-corrected chi connectivity index (χ4v) is 2.41. The van der Waals surface area contributed by atoms with Gasteiger partial charge in [-0.05, 0) is 62.8 Å². The summed E-state index contributed by atoms with van der Waals surface area (Å²) in [4.78, 5) is 11.6. The number of hydrogen-bond donors (Lipinski definition) is 1. The van der Waals surface area contributed by atoms with Crippen molar-refractivity contribution in [2.24, 2.45) is 5.92 Å². The van der Waals surface area contributed by atoms with Crippen LogP contribution in [0.25, 0.3) is 0 Å². The molecule has 96 valence electrons. The van der Waals surface area contributed by atoms with Crippen molar-refractivity contribution in [3.63, 3.8) is 0 Å². The van der Waals surface area contributed by atoms with Gasteiger partial charge < -0.3 is 10.1 Å². The Balaban J connectivity index is 1.56. The molecule has 2 saturated carbocycles. The predicted octanol–water partition coefficient (Wildman–Crippen LogP) is 3.36. The molecule has 0 spiro atoms.